The number of hydrogen-bond donors (Lipinski definition) is 3. The Morgan fingerprint density at radius 1 is 1.55 bits per heavy atom. The molecular formula is C5H11N5S. The predicted octanol–water partition coefficient (Wildman–Crippen LogP) is -0.377. The van der Waals surface area contributed by atoms with Crippen molar-refractivity contribution in [3.8, 4) is 0 Å². The maximum absolute atomic E-state index is 5.08. The molecule has 0 spiro atoms. The summed E-state index contributed by atoms with van der Waals surface area (Å²) in [6.07, 6.45) is 1.65. The molecule has 0 saturated carbocycles. The van der Waals surface area contributed by atoms with Crippen LogP contribution in [0.25, 0.3) is 0 Å². The monoisotopic (exact) mass is 173 g/mol. The molecule has 0 fully saturated rings. The summed E-state index contributed by atoms with van der Waals surface area (Å²) >= 11 is 1.39. The molecule has 0 radical (unpaired) electrons. The fourth-order valence-electron chi connectivity index (χ4n) is 0.382. The standard InChI is InChI=1S/C4H6N4S.CH5N/c5-3(6)8-4-7-1-2-9-4;1-2/h1-2H,(H4,5,6,7,8);2H2,1H3. The molecule has 62 valence electrons. The van der Waals surface area contributed by atoms with Crippen molar-refractivity contribution < 1.29 is 0 Å². The van der Waals surface area contributed by atoms with E-state index in [1.807, 2.05) is 5.38 Å². The molecule has 1 heterocycles. The fourth-order valence-corrected chi connectivity index (χ4v) is 0.905. The molecule has 0 bridgehead atoms. The smallest absolute Gasteiger partial charge is 0.212 e. The van der Waals surface area contributed by atoms with Gasteiger partial charge in [0.1, 0.15) is 0 Å². The first-order valence-corrected chi connectivity index (χ1v) is 3.74. The van der Waals surface area contributed by atoms with E-state index >= 15 is 0 Å². The molecule has 0 saturated heterocycles. The molecule has 6 N–H and O–H groups in total. The quantitative estimate of drug-likeness (QED) is 0.398. The van der Waals surface area contributed by atoms with Crippen LogP contribution in [0.2, 0.25) is 0 Å². The molecule has 5 nitrogen and oxygen atoms in total. The molecule has 0 amide bonds. The molecule has 6 heteroatoms. The summed E-state index contributed by atoms with van der Waals surface area (Å²) in [6.45, 7) is 0. The van der Waals surface area contributed by atoms with Gasteiger partial charge < -0.3 is 17.2 Å². The molecule has 1 aromatic rings. The third kappa shape index (κ3) is 4.29. The lowest BCUT2D eigenvalue weighted by molar-refractivity contribution is 1.33. The van der Waals surface area contributed by atoms with Gasteiger partial charge in [-0.05, 0) is 7.05 Å². The maximum atomic E-state index is 5.08. The minimum absolute atomic E-state index is 0.0463. The fraction of sp³-hybridized carbons (Fsp3) is 0.200. The summed E-state index contributed by atoms with van der Waals surface area (Å²) in [4.78, 5) is 7.53. The third-order valence-electron chi connectivity index (χ3n) is 0.644. The van der Waals surface area contributed by atoms with Crippen molar-refractivity contribution in [1.82, 2.24) is 4.98 Å². The first kappa shape index (κ1) is 9.86. The van der Waals surface area contributed by atoms with Crippen LogP contribution in [0.15, 0.2) is 16.6 Å². The first-order valence-electron chi connectivity index (χ1n) is 2.86. The highest BCUT2D eigenvalue weighted by atomic mass is 32.1. The minimum Gasteiger partial charge on any atom is -0.370 e. The van der Waals surface area contributed by atoms with E-state index in [2.05, 4.69) is 15.7 Å². The largest absolute Gasteiger partial charge is 0.370 e. The second kappa shape index (κ2) is 5.63. The zero-order chi connectivity index (χ0) is 8.69. The Hall–Kier alpha value is -1.14. The average molecular weight is 173 g/mol. The summed E-state index contributed by atoms with van der Waals surface area (Å²) in [5.74, 6) is 0.0463. The zero-order valence-corrected chi connectivity index (χ0v) is 7.01. The highest BCUT2D eigenvalue weighted by Gasteiger charge is 1.88. The summed E-state index contributed by atoms with van der Waals surface area (Å²) in [5.41, 5.74) is 14.7. The highest BCUT2D eigenvalue weighted by molar-refractivity contribution is 7.13. The van der Waals surface area contributed by atoms with E-state index in [-0.39, 0.29) is 5.96 Å². The van der Waals surface area contributed by atoms with Gasteiger partial charge in [-0.15, -0.1) is 11.3 Å². The molecule has 0 aliphatic heterocycles. The van der Waals surface area contributed by atoms with Gasteiger partial charge in [0.05, 0.1) is 0 Å². The van der Waals surface area contributed by atoms with Crippen LogP contribution in [-0.2, 0) is 0 Å². The van der Waals surface area contributed by atoms with Gasteiger partial charge in [0.15, 0.2) is 5.96 Å². The van der Waals surface area contributed by atoms with Gasteiger partial charge in [-0.3, -0.25) is 0 Å². The van der Waals surface area contributed by atoms with Crippen LogP contribution in [0, 0.1) is 0 Å². The van der Waals surface area contributed by atoms with Crippen molar-refractivity contribution in [2.24, 2.45) is 22.2 Å². The lowest BCUT2D eigenvalue weighted by Crippen LogP contribution is -2.21. The van der Waals surface area contributed by atoms with Gasteiger partial charge in [0, 0.05) is 11.6 Å². The average Bonchev–Trinajstić information content (AvgIpc) is 2.43. The van der Waals surface area contributed by atoms with Crippen LogP contribution in [0.3, 0.4) is 0 Å². The summed E-state index contributed by atoms with van der Waals surface area (Å²) in [7, 11) is 1.50. The lowest BCUT2D eigenvalue weighted by atomic mass is 11.0. The molecule has 0 atom stereocenters. The topological polar surface area (TPSA) is 103 Å². The van der Waals surface area contributed by atoms with Crippen molar-refractivity contribution in [1.29, 1.82) is 0 Å². The number of thiazole rings is 1. The highest BCUT2D eigenvalue weighted by Crippen LogP contribution is 2.13. The van der Waals surface area contributed by atoms with Crippen LogP contribution < -0.4 is 17.2 Å². The molecule has 0 aromatic carbocycles. The normalized spacial score (nSPS) is 7.82. The Bertz CT molecular complexity index is 201. The van der Waals surface area contributed by atoms with Crippen molar-refractivity contribution in [3.63, 3.8) is 0 Å². The molecule has 1 rings (SSSR count). The number of nitrogens with zero attached hydrogens (tertiary/aromatic N) is 2. The molecule has 0 aliphatic rings. The molecule has 0 unspecified atom stereocenters. The predicted molar refractivity (Wildman–Crippen MR) is 47.7 cm³/mol. The SMILES string of the molecule is CN.NC(N)=Nc1nccs1. The van der Waals surface area contributed by atoms with Gasteiger partial charge in [0.25, 0.3) is 0 Å². The Morgan fingerprint density at radius 3 is 2.55 bits per heavy atom. The van der Waals surface area contributed by atoms with Crippen LogP contribution >= 0.6 is 11.3 Å². The van der Waals surface area contributed by atoms with Crippen molar-refractivity contribution in [2.45, 2.75) is 0 Å². The Kier molecular flexibility index (Phi) is 5.05. The number of aromatic nitrogens is 1. The first-order chi connectivity index (χ1) is 5.29. The van der Waals surface area contributed by atoms with Crippen LogP contribution in [0.4, 0.5) is 5.13 Å². The summed E-state index contributed by atoms with van der Waals surface area (Å²) in [6, 6.07) is 0. The number of nitrogens with two attached hydrogens (primary N) is 3. The van der Waals surface area contributed by atoms with Crippen molar-refractivity contribution in [3.05, 3.63) is 11.6 Å². The third-order valence-corrected chi connectivity index (χ3v) is 1.31. The number of aliphatic imine (C=N–C) groups is 1. The Labute approximate surface area is 68.9 Å². The van der Waals surface area contributed by atoms with E-state index in [1.54, 1.807) is 6.20 Å². The van der Waals surface area contributed by atoms with Crippen molar-refractivity contribution in [2.75, 3.05) is 7.05 Å². The summed E-state index contributed by atoms with van der Waals surface area (Å²) < 4.78 is 0. The molecule has 0 aliphatic carbocycles. The Balaban J connectivity index is 0.000000461. The molecule has 11 heavy (non-hydrogen) atoms. The Morgan fingerprint density at radius 2 is 2.18 bits per heavy atom. The van der Waals surface area contributed by atoms with Crippen LogP contribution in [-0.4, -0.2) is 18.0 Å². The van der Waals surface area contributed by atoms with E-state index in [0.717, 1.165) is 0 Å². The van der Waals surface area contributed by atoms with Crippen LogP contribution in [0.1, 0.15) is 0 Å². The number of guanidine groups is 1. The minimum atomic E-state index is 0.0463. The van der Waals surface area contributed by atoms with Crippen LogP contribution in [0.5, 0.6) is 0 Å². The van der Waals surface area contributed by atoms with E-state index in [4.69, 9.17) is 11.5 Å². The van der Waals surface area contributed by atoms with Gasteiger partial charge in [-0.1, -0.05) is 0 Å². The van der Waals surface area contributed by atoms with E-state index in [9.17, 15) is 0 Å². The zero-order valence-electron chi connectivity index (χ0n) is 6.19. The van der Waals surface area contributed by atoms with Gasteiger partial charge >= 0.3 is 0 Å². The second-order valence-corrected chi connectivity index (χ2v) is 2.22. The number of hydrogen-bond acceptors (Lipinski definition) is 4. The number of rotatable bonds is 1. The van der Waals surface area contributed by atoms with E-state index < -0.39 is 0 Å². The lowest BCUT2D eigenvalue weighted by Gasteiger charge is -1.84. The second-order valence-electron chi connectivity index (χ2n) is 1.35. The summed E-state index contributed by atoms with van der Waals surface area (Å²) in [5, 5.41) is 2.40. The van der Waals surface area contributed by atoms with E-state index in [1.165, 1.54) is 18.4 Å². The van der Waals surface area contributed by atoms with Gasteiger partial charge in [-0.25, -0.2) is 4.98 Å². The molecular weight excluding hydrogens is 162 g/mol. The molecule has 1 aromatic heterocycles. The van der Waals surface area contributed by atoms with E-state index in [0.29, 0.717) is 5.13 Å². The van der Waals surface area contributed by atoms with Gasteiger partial charge in [0.2, 0.25) is 5.13 Å². The maximum Gasteiger partial charge on any atom is 0.212 e. The van der Waals surface area contributed by atoms with Crippen molar-refractivity contribution >= 4 is 22.4 Å². The van der Waals surface area contributed by atoms with Gasteiger partial charge in [-0.2, -0.15) is 4.99 Å².